The van der Waals surface area contributed by atoms with Crippen LogP contribution in [-0.2, 0) is 4.79 Å². The van der Waals surface area contributed by atoms with Gasteiger partial charge in [0.05, 0.1) is 4.87 Å². The number of hydrogen-bond acceptors (Lipinski definition) is 3. The molecule has 0 unspecified atom stereocenters. The molecule has 0 N–H and O–H groups in total. The summed E-state index contributed by atoms with van der Waals surface area (Å²) < 4.78 is 13.4. The number of hydrogen-bond donors (Lipinski definition) is 0. The van der Waals surface area contributed by atoms with Crippen LogP contribution in [0.3, 0.4) is 0 Å². The fourth-order valence-electron chi connectivity index (χ4n) is 3.70. The monoisotopic (exact) mass is 364 g/mol. The Morgan fingerprint density at radius 2 is 1.96 bits per heavy atom. The normalized spacial score (nSPS) is 19.7. The molecule has 2 heterocycles. The Morgan fingerprint density at radius 3 is 2.60 bits per heavy atom. The van der Waals surface area contributed by atoms with Gasteiger partial charge in [-0.3, -0.25) is 9.59 Å². The molecule has 136 valence electrons. The van der Waals surface area contributed by atoms with E-state index in [4.69, 9.17) is 0 Å². The zero-order valence-corrected chi connectivity index (χ0v) is 15.7. The van der Waals surface area contributed by atoms with Crippen LogP contribution < -0.4 is 0 Å². The number of amides is 2. The molecule has 1 aromatic rings. The Bertz CT molecular complexity index is 657. The van der Waals surface area contributed by atoms with Gasteiger partial charge in [-0.05, 0) is 37.0 Å². The molecule has 0 saturated carbocycles. The standard InChI is InChI=1S/C19H25FN2O2S/c1-14(2)12-17(23)22-10-11-25-19(22)6-8-21(9-7-19)18(24)15-4-3-5-16(20)13-15/h3-5,13-14H,6-12H2,1-2H3. The maximum atomic E-state index is 13.4. The summed E-state index contributed by atoms with van der Waals surface area (Å²) in [6.07, 6.45) is 2.14. The molecule has 0 atom stereocenters. The Hall–Kier alpha value is -1.56. The first kappa shape index (κ1) is 18.2. The van der Waals surface area contributed by atoms with Crippen LogP contribution in [0.5, 0.6) is 0 Å². The van der Waals surface area contributed by atoms with Crippen LogP contribution in [0.4, 0.5) is 4.39 Å². The van der Waals surface area contributed by atoms with E-state index in [2.05, 4.69) is 13.8 Å². The van der Waals surface area contributed by atoms with E-state index in [0.29, 0.717) is 31.0 Å². The lowest BCUT2D eigenvalue weighted by molar-refractivity contribution is -0.135. The van der Waals surface area contributed by atoms with E-state index < -0.39 is 5.82 Å². The van der Waals surface area contributed by atoms with Gasteiger partial charge in [-0.1, -0.05) is 19.9 Å². The number of carbonyl (C=O) groups excluding carboxylic acids is 2. The molecule has 0 aliphatic carbocycles. The Kier molecular flexibility index (Phi) is 5.37. The maximum Gasteiger partial charge on any atom is 0.253 e. The SMILES string of the molecule is CC(C)CC(=O)N1CCSC12CCN(C(=O)c1cccc(F)c1)CC2. The van der Waals surface area contributed by atoms with Crippen molar-refractivity contribution < 1.29 is 14.0 Å². The van der Waals surface area contributed by atoms with Gasteiger partial charge in [0.25, 0.3) is 5.91 Å². The van der Waals surface area contributed by atoms with Gasteiger partial charge in [-0.25, -0.2) is 4.39 Å². The van der Waals surface area contributed by atoms with Crippen molar-refractivity contribution >= 4 is 23.6 Å². The van der Waals surface area contributed by atoms with Gasteiger partial charge in [0.15, 0.2) is 0 Å². The number of piperidine rings is 1. The molecule has 2 fully saturated rings. The van der Waals surface area contributed by atoms with Gasteiger partial charge in [0.2, 0.25) is 5.91 Å². The fraction of sp³-hybridized carbons (Fsp3) is 0.579. The van der Waals surface area contributed by atoms with Crippen molar-refractivity contribution in [3.63, 3.8) is 0 Å². The molecule has 6 heteroatoms. The number of carbonyl (C=O) groups is 2. The maximum absolute atomic E-state index is 13.4. The zero-order valence-electron chi connectivity index (χ0n) is 14.8. The van der Waals surface area contributed by atoms with Crippen molar-refractivity contribution in [1.29, 1.82) is 0 Å². The van der Waals surface area contributed by atoms with Crippen molar-refractivity contribution in [1.82, 2.24) is 9.80 Å². The van der Waals surface area contributed by atoms with Crippen LogP contribution in [0, 0.1) is 11.7 Å². The predicted octanol–water partition coefficient (Wildman–Crippen LogP) is 3.38. The number of rotatable bonds is 3. The molecule has 0 aromatic heterocycles. The van der Waals surface area contributed by atoms with Gasteiger partial charge >= 0.3 is 0 Å². The smallest absolute Gasteiger partial charge is 0.253 e. The molecule has 25 heavy (non-hydrogen) atoms. The molecular weight excluding hydrogens is 339 g/mol. The Labute approximate surface area is 152 Å². The van der Waals surface area contributed by atoms with E-state index in [-0.39, 0.29) is 16.7 Å². The first-order valence-corrected chi connectivity index (χ1v) is 9.89. The first-order chi connectivity index (χ1) is 11.9. The third-order valence-corrected chi connectivity index (χ3v) is 6.52. The molecule has 1 aromatic carbocycles. The largest absolute Gasteiger partial charge is 0.338 e. The molecule has 4 nitrogen and oxygen atoms in total. The van der Waals surface area contributed by atoms with E-state index in [0.717, 1.165) is 25.1 Å². The molecule has 0 bridgehead atoms. The first-order valence-electron chi connectivity index (χ1n) is 8.90. The van der Waals surface area contributed by atoms with Gasteiger partial charge in [0, 0.05) is 37.4 Å². The summed E-state index contributed by atoms with van der Waals surface area (Å²) in [5.74, 6) is 1.02. The molecule has 2 aliphatic heterocycles. The van der Waals surface area contributed by atoms with Gasteiger partial charge in [-0.15, -0.1) is 11.8 Å². The van der Waals surface area contributed by atoms with Gasteiger partial charge in [-0.2, -0.15) is 0 Å². The van der Waals surface area contributed by atoms with Crippen LogP contribution in [0.25, 0.3) is 0 Å². The molecule has 2 amide bonds. The average Bonchev–Trinajstić information content (AvgIpc) is 2.97. The van der Waals surface area contributed by atoms with Crippen LogP contribution in [0.1, 0.15) is 43.5 Å². The van der Waals surface area contributed by atoms with Gasteiger partial charge < -0.3 is 9.80 Å². The van der Waals surface area contributed by atoms with Crippen molar-refractivity contribution in [2.45, 2.75) is 38.0 Å². The highest BCUT2D eigenvalue weighted by molar-refractivity contribution is 8.00. The fourth-order valence-corrected chi connectivity index (χ4v) is 5.17. The zero-order chi connectivity index (χ0) is 18.0. The minimum absolute atomic E-state index is 0.127. The van der Waals surface area contributed by atoms with Crippen molar-refractivity contribution in [2.24, 2.45) is 5.92 Å². The van der Waals surface area contributed by atoms with Crippen molar-refractivity contribution in [3.05, 3.63) is 35.6 Å². The lowest BCUT2D eigenvalue weighted by Crippen LogP contribution is -2.53. The van der Waals surface area contributed by atoms with Crippen LogP contribution in [0.15, 0.2) is 24.3 Å². The second kappa shape index (κ2) is 7.36. The van der Waals surface area contributed by atoms with Crippen LogP contribution >= 0.6 is 11.8 Å². The lowest BCUT2D eigenvalue weighted by Gasteiger charge is -2.44. The average molecular weight is 364 g/mol. The Balaban J connectivity index is 1.66. The minimum atomic E-state index is -0.392. The summed E-state index contributed by atoms with van der Waals surface area (Å²) in [6.45, 7) is 6.14. The van der Waals surface area contributed by atoms with Crippen molar-refractivity contribution in [2.75, 3.05) is 25.4 Å². The summed E-state index contributed by atoms with van der Waals surface area (Å²) in [5.41, 5.74) is 0.391. The molecule has 1 spiro atoms. The van der Waals surface area contributed by atoms with Crippen LogP contribution in [-0.4, -0.2) is 51.9 Å². The van der Waals surface area contributed by atoms with E-state index in [9.17, 15) is 14.0 Å². The van der Waals surface area contributed by atoms with E-state index in [1.54, 1.807) is 17.0 Å². The topological polar surface area (TPSA) is 40.6 Å². The van der Waals surface area contributed by atoms with Gasteiger partial charge in [0.1, 0.15) is 5.82 Å². The summed E-state index contributed by atoms with van der Waals surface area (Å²) in [6, 6.07) is 5.84. The van der Waals surface area contributed by atoms with E-state index >= 15 is 0 Å². The number of likely N-dealkylation sites (tertiary alicyclic amines) is 1. The Morgan fingerprint density at radius 1 is 1.24 bits per heavy atom. The van der Waals surface area contributed by atoms with E-state index in [1.807, 2.05) is 16.7 Å². The number of thioether (sulfide) groups is 1. The second-order valence-electron chi connectivity index (χ2n) is 7.24. The third-order valence-electron chi connectivity index (χ3n) is 4.96. The molecular formula is C19H25FN2O2S. The minimum Gasteiger partial charge on any atom is -0.338 e. The molecule has 2 saturated heterocycles. The summed E-state index contributed by atoms with van der Waals surface area (Å²) >= 11 is 1.85. The third kappa shape index (κ3) is 3.84. The molecule has 3 rings (SSSR count). The molecule has 2 aliphatic rings. The number of nitrogens with zero attached hydrogens (tertiary/aromatic N) is 2. The van der Waals surface area contributed by atoms with Crippen molar-refractivity contribution in [3.8, 4) is 0 Å². The second-order valence-corrected chi connectivity index (χ2v) is 8.70. The lowest BCUT2D eigenvalue weighted by atomic mass is 9.99. The number of halogens is 1. The number of benzene rings is 1. The summed E-state index contributed by atoms with van der Waals surface area (Å²) in [5, 5.41) is 0. The quantitative estimate of drug-likeness (QED) is 0.826. The predicted molar refractivity (Wildman–Crippen MR) is 97.9 cm³/mol. The highest BCUT2D eigenvalue weighted by Gasteiger charge is 2.46. The van der Waals surface area contributed by atoms with Crippen LogP contribution in [0.2, 0.25) is 0 Å². The summed E-state index contributed by atoms with van der Waals surface area (Å²) in [7, 11) is 0. The molecule has 0 radical (unpaired) electrons. The van der Waals surface area contributed by atoms with E-state index in [1.165, 1.54) is 12.1 Å². The highest BCUT2D eigenvalue weighted by atomic mass is 32.2. The highest BCUT2D eigenvalue weighted by Crippen LogP contribution is 2.44. The summed E-state index contributed by atoms with van der Waals surface area (Å²) in [4.78, 5) is 28.8.